The third-order valence-electron chi connectivity index (χ3n) is 1.29. The van der Waals surface area contributed by atoms with Gasteiger partial charge in [0.05, 0.1) is 13.7 Å². The van der Waals surface area contributed by atoms with Crippen LogP contribution in [0.5, 0.6) is 0 Å². The van der Waals surface area contributed by atoms with Crippen molar-refractivity contribution in [1.29, 1.82) is 0 Å². The number of hydrogen-bond donors (Lipinski definition) is 2. The first kappa shape index (κ1) is 11.7. The Morgan fingerprint density at radius 1 is 1.31 bits per heavy atom. The minimum atomic E-state index is -0.598. The van der Waals surface area contributed by atoms with Crippen molar-refractivity contribution in [3.05, 3.63) is 0 Å². The van der Waals surface area contributed by atoms with Crippen molar-refractivity contribution in [3.8, 4) is 0 Å². The van der Waals surface area contributed by atoms with E-state index in [1.165, 1.54) is 7.11 Å². The topological polar surface area (TPSA) is 67.4 Å². The van der Waals surface area contributed by atoms with Gasteiger partial charge in [0.2, 0.25) is 5.91 Å². The zero-order valence-corrected chi connectivity index (χ0v) is 8.22. The van der Waals surface area contributed by atoms with Gasteiger partial charge in [0, 0.05) is 6.54 Å². The standard InChI is InChI=1S/C8H16N2O3/c1-6(2)4-9-7(11)5-10-8(12)13-3/h6H,4-5H2,1-3H3,(H,9,11)(H,10,12). The van der Waals surface area contributed by atoms with Gasteiger partial charge in [-0.15, -0.1) is 0 Å². The van der Waals surface area contributed by atoms with Gasteiger partial charge < -0.3 is 15.4 Å². The highest BCUT2D eigenvalue weighted by molar-refractivity contribution is 5.81. The SMILES string of the molecule is COC(=O)NCC(=O)NCC(C)C. The Labute approximate surface area is 77.8 Å². The Kier molecular flexibility index (Phi) is 5.67. The maximum atomic E-state index is 11.0. The average Bonchev–Trinajstić information content (AvgIpc) is 2.10. The van der Waals surface area contributed by atoms with E-state index in [2.05, 4.69) is 15.4 Å². The molecule has 2 N–H and O–H groups in total. The molecular weight excluding hydrogens is 172 g/mol. The molecule has 0 aromatic carbocycles. The van der Waals surface area contributed by atoms with Crippen LogP contribution in [0.25, 0.3) is 0 Å². The van der Waals surface area contributed by atoms with E-state index in [1.807, 2.05) is 13.8 Å². The Hall–Kier alpha value is -1.26. The van der Waals surface area contributed by atoms with E-state index in [0.29, 0.717) is 12.5 Å². The molecule has 5 nitrogen and oxygen atoms in total. The quantitative estimate of drug-likeness (QED) is 0.658. The minimum Gasteiger partial charge on any atom is -0.453 e. The van der Waals surface area contributed by atoms with Gasteiger partial charge in [0.1, 0.15) is 0 Å². The Morgan fingerprint density at radius 3 is 2.38 bits per heavy atom. The summed E-state index contributed by atoms with van der Waals surface area (Å²) in [6.45, 7) is 4.56. The highest BCUT2D eigenvalue weighted by atomic mass is 16.5. The summed E-state index contributed by atoms with van der Waals surface area (Å²) in [5, 5.41) is 4.93. The summed E-state index contributed by atoms with van der Waals surface area (Å²) in [5.74, 6) is 0.196. The molecule has 0 bridgehead atoms. The van der Waals surface area contributed by atoms with Crippen molar-refractivity contribution in [2.75, 3.05) is 20.2 Å². The van der Waals surface area contributed by atoms with Crippen LogP contribution in [0.1, 0.15) is 13.8 Å². The third kappa shape index (κ3) is 7.11. The summed E-state index contributed by atoms with van der Waals surface area (Å²) in [6, 6.07) is 0. The fraction of sp³-hybridized carbons (Fsp3) is 0.750. The Bertz CT molecular complexity index is 180. The summed E-state index contributed by atoms with van der Waals surface area (Å²) < 4.78 is 4.30. The van der Waals surface area contributed by atoms with Gasteiger partial charge >= 0.3 is 6.09 Å². The van der Waals surface area contributed by atoms with Gasteiger partial charge in [0.15, 0.2) is 0 Å². The molecule has 0 unspecified atom stereocenters. The van der Waals surface area contributed by atoms with Crippen LogP contribution < -0.4 is 10.6 Å². The number of amides is 2. The summed E-state index contributed by atoms with van der Waals surface area (Å²) in [4.78, 5) is 21.5. The summed E-state index contributed by atoms with van der Waals surface area (Å²) in [5.41, 5.74) is 0. The molecule has 0 spiro atoms. The van der Waals surface area contributed by atoms with Gasteiger partial charge in [-0.05, 0) is 5.92 Å². The lowest BCUT2D eigenvalue weighted by molar-refractivity contribution is -0.120. The fourth-order valence-electron chi connectivity index (χ4n) is 0.605. The van der Waals surface area contributed by atoms with E-state index >= 15 is 0 Å². The molecule has 0 saturated carbocycles. The van der Waals surface area contributed by atoms with Crippen LogP contribution in [0.15, 0.2) is 0 Å². The minimum absolute atomic E-state index is 0.0423. The van der Waals surface area contributed by atoms with Gasteiger partial charge in [-0.1, -0.05) is 13.8 Å². The predicted molar refractivity (Wildman–Crippen MR) is 48.3 cm³/mol. The summed E-state index contributed by atoms with van der Waals surface area (Å²) >= 11 is 0. The smallest absolute Gasteiger partial charge is 0.407 e. The molecule has 0 aliphatic heterocycles. The fourth-order valence-corrected chi connectivity index (χ4v) is 0.605. The largest absolute Gasteiger partial charge is 0.453 e. The van der Waals surface area contributed by atoms with E-state index in [-0.39, 0.29) is 12.5 Å². The second-order valence-corrected chi connectivity index (χ2v) is 3.04. The van der Waals surface area contributed by atoms with Crippen molar-refractivity contribution in [3.63, 3.8) is 0 Å². The molecule has 0 rings (SSSR count). The zero-order chi connectivity index (χ0) is 10.3. The number of carbonyl (C=O) groups excluding carboxylic acids is 2. The molecule has 0 aromatic rings. The number of alkyl carbamates (subject to hydrolysis) is 1. The summed E-state index contributed by atoms with van der Waals surface area (Å²) in [7, 11) is 1.25. The van der Waals surface area contributed by atoms with Crippen molar-refractivity contribution < 1.29 is 14.3 Å². The molecule has 0 aliphatic rings. The lowest BCUT2D eigenvalue weighted by Gasteiger charge is -2.07. The molecule has 0 saturated heterocycles. The Morgan fingerprint density at radius 2 is 1.92 bits per heavy atom. The molecule has 0 fully saturated rings. The Balaban J connectivity index is 3.46. The molecule has 0 atom stereocenters. The molecule has 0 aliphatic carbocycles. The highest BCUT2D eigenvalue weighted by Crippen LogP contribution is 1.86. The van der Waals surface area contributed by atoms with Crippen LogP contribution in [0.3, 0.4) is 0 Å². The van der Waals surface area contributed by atoms with Gasteiger partial charge in [-0.3, -0.25) is 4.79 Å². The first-order valence-electron chi connectivity index (χ1n) is 4.14. The van der Waals surface area contributed by atoms with Crippen LogP contribution >= 0.6 is 0 Å². The maximum absolute atomic E-state index is 11.0. The highest BCUT2D eigenvalue weighted by Gasteiger charge is 2.04. The number of carbonyl (C=O) groups is 2. The average molecular weight is 188 g/mol. The van der Waals surface area contributed by atoms with Crippen LogP contribution in [-0.2, 0) is 9.53 Å². The number of ether oxygens (including phenoxy) is 1. The molecule has 13 heavy (non-hydrogen) atoms. The van der Waals surface area contributed by atoms with E-state index in [9.17, 15) is 9.59 Å². The third-order valence-corrected chi connectivity index (χ3v) is 1.29. The monoisotopic (exact) mass is 188 g/mol. The van der Waals surface area contributed by atoms with E-state index < -0.39 is 6.09 Å². The van der Waals surface area contributed by atoms with Crippen LogP contribution in [0, 0.1) is 5.92 Å². The van der Waals surface area contributed by atoms with Crippen molar-refractivity contribution >= 4 is 12.0 Å². The van der Waals surface area contributed by atoms with Crippen molar-refractivity contribution in [2.24, 2.45) is 5.92 Å². The molecule has 0 heterocycles. The molecule has 5 heteroatoms. The lowest BCUT2D eigenvalue weighted by atomic mass is 10.2. The molecule has 2 amide bonds. The van der Waals surface area contributed by atoms with Gasteiger partial charge in [-0.25, -0.2) is 4.79 Å². The van der Waals surface area contributed by atoms with E-state index in [1.54, 1.807) is 0 Å². The lowest BCUT2D eigenvalue weighted by Crippen LogP contribution is -2.38. The first-order valence-corrected chi connectivity index (χ1v) is 4.14. The molecular formula is C8H16N2O3. The second-order valence-electron chi connectivity index (χ2n) is 3.04. The van der Waals surface area contributed by atoms with Crippen LogP contribution in [0.2, 0.25) is 0 Å². The van der Waals surface area contributed by atoms with Gasteiger partial charge in [0.25, 0.3) is 0 Å². The number of nitrogens with one attached hydrogen (secondary N) is 2. The second kappa shape index (κ2) is 6.28. The van der Waals surface area contributed by atoms with Crippen LogP contribution in [0.4, 0.5) is 4.79 Å². The predicted octanol–water partition coefficient (Wildman–Crippen LogP) is 0.115. The summed E-state index contributed by atoms with van der Waals surface area (Å²) in [6.07, 6.45) is -0.598. The van der Waals surface area contributed by atoms with Crippen LogP contribution in [-0.4, -0.2) is 32.2 Å². The van der Waals surface area contributed by atoms with Crippen molar-refractivity contribution in [1.82, 2.24) is 10.6 Å². The number of rotatable bonds is 4. The van der Waals surface area contributed by atoms with Gasteiger partial charge in [-0.2, -0.15) is 0 Å². The van der Waals surface area contributed by atoms with Crippen molar-refractivity contribution in [2.45, 2.75) is 13.8 Å². The molecule has 0 aromatic heterocycles. The van der Waals surface area contributed by atoms with E-state index in [0.717, 1.165) is 0 Å². The van der Waals surface area contributed by atoms with E-state index in [4.69, 9.17) is 0 Å². The number of hydrogen-bond acceptors (Lipinski definition) is 3. The first-order chi connectivity index (χ1) is 6.06. The molecule has 0 radical (unpaired) electrons. The number of methoxy groups -OCH3 is 1. The molecule has 76 valence electrons. The normalized spacial score (nSPS) is 9.54. The zero-order valence-electron chi connectivity index (χ0n) is 8.22. The maximum Gasteiger partial charge on any atom is 0.407 e.